The molecule has 2 heterocycles. The van der Waals surface area contributed by atoms with E-state index in [0.29, 0.717) is 5.56 Å². The number of carbonyl (C=O) groups excluding carboxylic acids is 2. The summed E-state index contributed by atoms with van der Waals surface area (Å²) in [4.78, 5) is 27.1. The molecule has 2 amide bonds. The van der Waals surface area contributed by atoms with Crippen LogP contribution >= 0.6 is 0 Å². The molecule has 0 radical (unpaired) electrons. The van der Waals surface area contributed by atoms with Crippen molar-refractivity contribution in [3.8, 4) is 0 Å². The lowest BCUT2D eigenvalue weighted by molar-refractivity contribution is -0.211. The van der Waals surface area contributed by atoms with Crippen LogP contribution in [0.15, 0.2) is 60.7 Å². The predicted molar refractivity (Wildman–Crippen MR) is 95.8 cm³/mol. The first-order valence-electron chi connectivity index (χ1n) is 9.06. The number of nitrogens with one attached hydrogen (secondary N) is 1. The minimum atomic E-state index is -4.75. The summed E-state index contributed by atoms with van der Waals surface area (Å²) in [5.74, 6) is -3.92. The lowest BCUT2D eigenvalue weighted by Crippen LogP contribution is -2.57. The zero-order valence-electron chi connectivity index (χ0n) is 15.1. The van der Waals surface area contributed by atoms with E-state index in [2.05, 4.69) is 5.32 Å². The molecule has 0 bridgehead atoms. The molecule has 4 rings (SSSR count). The molecule has 2 aliphatic rings. The van der Waals surface area contributed by atoms with Crippen LogP contribution < -0.4 is 5.32 Å². The van der Waals surface area contributed by atoms with E-state index >= 15 is 0 Å². The van der Waals surface area contributed by atoms with Crippen molar-refractivity contribution in [2.75, 3.05) is 0 Å². The molecule has 2 saturated heterocycles. The highest BCUT2D eigenvalue weighted by atomic mass is 19.4. The molecular weight excluding hydrogens is 369 g/mol. The molecule has 0 aliphatic carbocycles. The molecule has 0 unspecified atom stereocenters. The van der Waals surface area contributed by atoms with Crippen molar-refractivity contribution in [3.63, 3.8) is 0 Å². The SMILES string of the molecule is C[C@@H]1N[C@](c2ccccc2)(C(F)(F)F)[C@@H]2C(=O)N(Cc3ccccc3)C(=O)[C@H]12. The molecule has 4 atom stereocenters. The van der Waals surface area contributed by atoms with Gasteiger partial charge in [0.2, 0.25) is 11.8 Å². The van der Waals surface area contributed by atoms with E-state index in [1.807, 2.05) is 0 Å². The maximum Gasteiger partial charge on any atom is 0.411 e. The third-order valence-electron chi connectivity index (χ3n) is 5.76. The molecule has 4 nitrogen and oxygen atoms in total. The van der Waals surface area contributed by atoms with E-state index in [4.69, 9.17) is 0 Å². The highest BCUT2D eigenvalue weighted by Gasteiger charge is 2.73. The van der Waals surface area contributed by atoms with Crippen LogP contribution in [-0.2, 0) is 21.7 Å². The summed E-state index contributed by atoms with van der Waals surface area (Å²) in [6, 6.07) is 15.3. The van der Waals surface area contributed by atoms with Gasteiger partial charge in [0.05, 0.1) is 18.4 Å². The molecule has 28 heavy (non-hydrogen) atoms. The van der Waals surface area contributed by atoms with E-state index in [9.17, 15) is 22.8 Å². The van der Waals surface area contributed by atoms with Crippen LogP contribution in [0.4, 0.5) is 13.2 Å². The van der Waals surface area contributed by atoms with Gasteiger partial charge in [0, 0.05) is 6.04 Å². The highest BCUT2D eigenvalue weighted by Crippen LogP contribution is 2.55. The van der Waals surface area contributed by atoms with Gasteiger partial charge in [-0.05, 0) is 18.1 Å². The number of halogens is 3. The second-order valence-corrected chi connectivity index (χ2v) is 7.36. The lowest BCUT2D eigenvalue weighted by atomic mass is 9.75. The zero-order valence-corrected chi connectivity index (χ0v) is 15.1. The largest absolute Gasteiger partial charge is 0.411 e. The Morgan fingerprint density at radius 2 is 1.54 bits per heavy atom. The van der Waals surface area contributed by atoms with Crippen molar-refractivity contribution in [1.82, 2.24) is 10.2 Å². The van der Waals surface area contributed by atoms with Gasteiger partial charge in [-0.15, -0.1) is 0 Å². The van der Waals surface area contributed by atoms with Crippen molar-refractivity contribution >= 4 is 11.8 Å². The average molecular weight is 388 g/mol. The van der Waals surface area contributed by atoms with E-state index in [0.717, 1.165) is 4.90 Å². The first-order chi connectivity index (χ1) is 13.3. The standard InChI is InChI=1S/C21H19F3N2O2/c1-13-16-17(19(28)26(18(16)27)12-14-8-4-2-5-9-14)20(25-13,21(22,23)24)15-10-6-3-7-11-15/h2-11,13,16-17,25H,12H2,1H3/t13-,16+,17-,20-/m0/s1. The Labute approximate surface area is 160 Å². The van der Waals surface area contributed by atoms with Crippen molar-refractivity contribution < 1.29 is 22.8 Å². The minimum absolute atomic E-state index is 0.0268. The van der Waals surface area contributed by atoms with Gasteiger partial charge >= 0.3 is 6.18 Å². The second kappa shape index (κ2) is 6.44. The molecule has 1 N–H and O–H groups in total. The van der Waals surface area contributed by atoms with Crippen LogP contribution in [0.25, 0.3) is 0 Å². The number of alkyl halides is 3. The van der Waals surface area contributed by atoms with Crippen LogP contribution in [0.2, 0.25) is 0 Å². The number of amides is 2. The normalized spacial score (nSPS) is 30.0. The molecule has 2 aromatic carbocycles. The molecule has 0 aromatic heterocycles. The Hall–Kier alpha value is -2.67. The summed E-state index contributed by atoms with van der Waals surface area (Å²) >= 11 is 0. The maximum atomic E-state index is 14.4. The van der Waals surface area contributed by atoms with Gasteiger partial charge in [-0.25, -0.2) is 0 Å². The smallest absolute Gasteiger partial charge is 0.296 e. The fourth-order valence-corrected chi connectivity index (χ4v) is 4.56. The molecule has 7 heteroatoms. The summed E-state index contributed by atoms with van der Waals surface area (Å²) in [7, 11) is 0. The number of fused-ring (bicyclic) bond motifs is 1. The monoisotopic (exact) mass is 388 g/mol. The molecule has 2 fully saturated rings. The topological polar surface area (TPSA) is 49.4 Å². The van der Waals surface area contributed by atoms with Gasteiger partial charge in [0.1, 0.15) is 0 Å². The molecule has 0 spiro atoms. The lowest BCUT2D eigenvalue weighted by Gasteiger charge is -2.37. The Kier molecular flexibility index (Phi) is 4.30. The number of benzene rings is 2. The molecule has 146 valence electrons. The van der Waals surface area contributed by atoms with Gasteiger partial charge in [0.15, 0.2) is 5.54 Å². The summed E-state index contributed by atoms with van der Waals surface area (Å²) in [6.45, 7) is 1.51. The van der Waals surface area contributed by atoms with Gasteiger partial charge in [-0.3, -0.25) is 19.8 Å². The van der Waals surface area contributed by atoms with Gasteiger partial charge < -0.3 is 0 Å². The van der Waals surface area contributed by atoms with Crippen LogP contribution in [0, 0.1) is 11.8 Å². The average Bonchev–Trinajstić information content (AvgIpc) is 3.12. The number of carbonyl (C=O) groups is 2. The van der Waals surface area contributed by atoms with E-state index in [-0.39, 0.29) is 12.1 Å². The summed E-state index contributed by atoms with van der Waals surface area (Å²) in [6.07, 6.45) is -4.75. The Balaban J connectivity index is 1.80. The van der Waals surface area contributed by atoms with E-state index in [1.165, 1.54) is 31.2 Å². The fraction of sp³-hybridized carbons (Fsp3) is 0.333. The third kappa shape index (κ3) is 2.57. The number of hydrogen-bond donors (Lipinski definition) is 1. The Bertz CT molecular complexity index is 901. The first kappa shape index (κ1) is 18.7. The summed E-state index contributed by atoms with van der Waals surface area (Å²) in [5.41, 5.74) is -1.94. The number of hydrogen-bond acceptors (Lipinski definition) is 3. The maximum absolute atomic E-state index is 14.4. The molecule has 2 aliphatic heterocycles. The third-order valence-corrected chi connectivity index (χ3v) is 5.76. The molecular formula is C21H19F3N2O2. The second-order valence-electron chi connectivity index (χ2n) is 7.36. The van der Waals surface area contributed by atoms with Crippen molar-refractivity contribution in [1.29, 1.82) is 0 Å². The highest BCUT2D eigenvalue weighted by molar-refractivity contribution is 6.06. The fourth-order valence-electron chi connectivity index (χ4n) is 4.56. The van der Waals surface area contributed by atoms with Gasteiger partial charge in [-0.2, -0.15) is 13.2 Å². The number of nitrogens with zero attached hydrogens (tertiary/aromatic N) is 1. The minimum Gasteiger partial charge on any atom is -0.296 e. The van der Waals surface area contributed by atoms with Crippen molar-refractivity contribution in [3.05, 3.63) is 71.8 Å². The van der Waals surface area contributed by atoms with E-state index in [1.54, 1.807) is 36.4 Å². The van der Waals surface area contributed by atoms with Gasteiger partial charge in [0.25, 0.3) is 0 Å². The van der Waals surface area contributed by atoms with Crippen molar-refractivity contribution in [2.24, 2.45) is 11.8 Å². The number of likely N-dealkylation sites (tertiary alicyclic amines) is 1. The van der Waals surface area contributed by atoms with Crippen LogP contribution in [0.1, 0.15) is 18.1 Å². The van der Waals surface area contributed by atoms with Crippen LogP contribution in [0.3, 0.4) is 0 Å². The van der Waals surface area contributed by atoms with Crippen molar-refractivity contribution in [2.45, 2.75) is 31.2 Å². The zero-order chi connectivity index (χ0) is 20.1. The molecule has 0 saturated carbocycles. The summed E-state index contributed by atoms with van der Waals surface area (Å²) in [5, 5.41) is 2.58. The van der Waals surface area contributed by atoms with Crippen LogP contribution in [0.5, 0.6) is 0 Å². The Morgan fingerprint density at radius 1 is 0.964 bits per heavy atom. The number of rotatable bonds is 3. The molecule has 2 aromatic rings. The quantitative estimate of drug-likeness (QED) is 0.822. The number of imide groups is 1. The Morgan fingerprint density at radius 3 is 2.11 bits per heavy atom. The predicted octanol–water partition coefficient (Wildman–Crippen LogP) is 3.24. The van der Waals surface area contributed by atoms with E-state index < -0.39 is 41.4 Å². The summed E-state index contributed by atoms with van der Waals surface area (Å²) < 4.78 is 43.3. The van der Waals surface area contributed by atoms with Crippen LogP contribution in [-0.4, -0.2) is 28.9 Å². The first-order valence-corrected chi connectivity index (χ1v) is 9.06. The van der Waals surface area contributed by atoms with Gasteiger partial charge in [-0.1, -0.05) is 60.7 Å².